The van der Waals surface area contributed by atoms with Gasteiger partial charge in [-0.1, -0.05) is 12.1 Å². The Bertz CT molecular complexity index is 375. The van der Waals surface area contributed by atoms with Crippen molar-refractivity contribution in [3.05, 3.63) is 29.3 Å². The van der Waals surface area contributed by atoms with Crippen LogP contribution in [0.5, 0.6) is 5.75 Å². The Morgan fingerprint density at radius 3 is 2.81 bits per heavy atom. The highest BCUT2D eigenvalue weighted by molar-refractivity contribution is 5.70. The highest BCUT2D eigenvalue weighted by Gasteiger charge is 2.07. The van der Waals surface area contributed by atoms with Crippen LogP contribution in [0.15, 0.2) is 18.2 Å². The molecule has 1 aromatic rings. The van der Waals surface area contributed by atoms with Crippen molar-refractivity contribution in [1.82, 2.24) is 5.32 Å². The van der Waals surface area contributed by atoms with Crippen molar-refractivity contribution in [2.75, 3.05) is 6.54 Å². The Morgan fingerprint density at radius 2 is 2.19 bits per heavy atom. The molecule has 1 unspecified atom stereocenters. The normalized spacial score (nSPS) is 12.0. The van der Waals surface area contributed by atoms with E-state index in [9.17, 15) is 4.79 Å². The van der Waals surface area contributed by atoms with E-state index >= 15 is 0 Å². The number of hydrogen-bond acceptors (Lipinski definition) is 3. The topological polar surface area (TPSA) is 58.6 Å². The third kappa shape index (κ3) is 3.90. The summed E-state index contributed by atoms with van der Waals surface area (Å²) in [5.74, 6) is 0.545. The molecule has 88 valence electrons. The molecule has 2 N–H and O–H groups in total. The van der Waals surface area contributed by atoms with Crippen LogP contribution in [0.25, 0.3) is 0 Å². The van der Waals surface area contributed by atoms with Crippen molar-refractivity contribution in [1.29, 1.82) is 0 Å². The zero-order valence-electron chi connectivity index (χ0n) is 9.78. The van der Waals surface area contributed by atoms with E-state index in [0.29, 0.717) is 5.75 Å². The average molecular weight is 223 g/mol. The van der Waals surface area contributed by atoms with E-state index in [1.165, 1.54) is 0 Å². The first-order chi connectivity index (χ1) is 7.49. The van der Waals surface area contributed by atoms with Gasteiger partial charge in [-0.25, -0.2) is 4.79 Å². The molecule has 1 rings (SSSR count). The zero-order valence-corrected chi connectivity index (χ0v) is 9.78. The number of benzene rings is 1. The third-order valence-electron chi connectivity index (χ3n) is 2.09. The van der Waals surface area contributed by atoms with Crippen molar-refractivity contribution < 1.29 is 14.6 Å². The zero-order chi connectivity index (χ0) is 12.1. The molecule has 4 heteroatoms. The van der Waals surface area contributed by atoms with E-state index in [1.807, 2.05) is 26.0 Å². The maximum Gasteiger partial charge on any atom is 0.412 e. The van der Waals surface area contributed by atoms with E-state index in [2.05, 4.69) is 5.32 Å². The van der Waals surface area contributed by atoms with E-state index < -0.39 is 12.2 Å². The highest BCUT2D eigenvalue weighted by atomic mass is 16.6. The second-order valence-electron chi connectivity index (χ2n) is 3.89. The van der Waals surface area contributed by atoms with Crippen molar-refractivity contribution in [3.63, 3.8) is 0 Å². The predicted molar refractivity (Wildman–Crippen MR) is 61.6 cm³/mol. The van der Waals surface area contributed by atoms with Crippen LogP contribution in [0, 0.1) is 13.8 Å². The highest BCUT2D eigenvalue weighted by Crippen LogP contribution is 2.18. The van der Waals surface area contributed by atoms with Gasteiger partial charge in [-0.05, 0) is 38.0 Å². The lowest BCUT2D eigenvalue weighted by Gasteiger charge is -2.10. The Kier molecular flexibility index (Phi) is 4.31. The molecule has 0 fully saturated rings. The second-order valence-corrected chi connectivity index (χ2v) is 3.89. The largest absolute Gasteiger partial charge is 0.412 e. The maximum absolute atomic E-state index is 11.3. The molecular formula is C12H17NO3. The summed E-state index contributed by atoms with van der Waals surface area (Å²) < 4.78 is 5.12. The van der Waals surface area contributed by atoms with Crippen molar-refractivity contribution in [2.24, 2.45) is 0 Å². The van der Waals surface area contributed by atoms with Gasteiger partial charge in [0, 0.05) is 6.54 Å². The first-order valence-electron chi connectivity index (χ1n) is 5.20. The van der Waals surface area contributed by atoms with Crippen LogP contribution >= 0.6 is 0 Å². The molecule has 0 spiro atoms. The number of ether oxygens (including phenoxy) is 1. The lowest BCUT2D eigenvalue weighted by atomic mass is 10.1. The third-order valence-corrected chi connectivity index (χ3v) is 2.09. The van der Waals surface area contributed by atoms with Crippen molar-refractivity contribution >= 4 is 6.09 Å². The minimum atomic E-state index is -0.578. The van der Waals surface area contributed by atoms with Gasteiger partial charge in [-0.2, -0.15) is 0 Å². The van der Waals surface area contributed by atoms with Crippen LogP contribution in [0.2, 0.25) is 0 Å². The fourth-order valence-corrected chi connectivity index (χ4v) is 1.18. The molecule has 1 amide bonds. The number of carbonyl (C=O) groups excluding carboxylic acids is 1. The number of aryl methyl sites for hydroxylation is 2. The molecule has 0 aliphatic rings. The summed E-state index contributed by atoms with van der Waals surface area (Å²) in [6, 6.07) is 5.65. The van der Waals surface area contributed by atoms with Gasteiger partial charge in [-0.3, -0.25) is 0 Å². The lowest BCUT2D eigenvalue weighted by molar-refractivity contribution is 0.172. The van der Waals surface area contributed by atoms with Crippen molar-refractivity contribution in [3.8, 4) is 5.75 Å². The number of rotatable bonds is 3. The summed E-state index contributed by atoms with van der Waals surface area (Å²) in [6.45, 7) is 5.58. The molecule has 1 atom stereocenters. The van der Waals surface area contributed by atoms with Crippen LogP contribution in [0.4, 0.5) is 4.79 Å². The Balaban J connectivity index is 2.59. The number of carbonyl (C=O) groups is 1. The first-order valence-corrected chi connectivity index (χ1v) is 5.20. The molecule has 0 bridgehead atoms. The Hall–Kier alpha value is -1.55. The quantitative estimate of drug-likeness (QED) is 0.821. The predicted octanol–water partition coefficient (Wildman–Crippen LogP) is 1.77. The van der Waals surface area contributed by atoms with Gasteiger partial charge in [0.1, 0.15) is 5.75 Å². The molecule has 1 aromatic carbocycles. The first kappa shape index (κ1) is 12.5. The summed E-state index contributed by atoms with van der Waals surface area (Å²) in [6.07, 6.45) is -1.12. The smallest absolute Gasteiger partial charge is 0.410 e. The number of aliphatic hydroxyl groups excluding tert-OH is 1. The van der Waals surface area contributed by atoms with Crippen LogP contribution in [-0.2, 0) is 0 Å². The maximum atomic E-state index is 11.3. The summed E-state index contributed by atoms with van der Waals surface area (Å²) >= 11 is 0. The monoisotopic (exact) mass is 223 g/mol. The molecule has 0 aliphatic carbocycles. The van der Waals surface area contributed by atoms with Gasteiger partial charge in [0.25, 0.3) is 0 Å². The SMILES string of the molecule is Cc1ccc(C)c(OC(=O)NCC(C)O)c1. The lowest BCUT2D eigenvalue weighted by Crippen LogP contribution is -2.32. The fraction of sp³-hybridized carbons (Fsp3) is 0.417. The van der Waals surface area contributed by atoms with Crippen LogP contribution in [0.3, 0.4) is 0 Å². The Labute approximate surface area is 95.2 Å². The minimum absolute atomic E-state index is 0.184. The van der Waals surface area contributed by atoms with Gasteiger partial charge in [0.05, 0.1) is 6.10 Å². The number of amides is 1. The standard InChI is InChI=1S/C12H17NO3/c1-8-4-5-9(2)11(6-8)16-12(15)13-7-10(3)14/h4-6,10,14H,7H2,1-3H3,(H,13,15). The van der Waals surface area contributed by atoms with Crippen LogP contribution in [-0.4, -0.2) is 23.8 Å². The summed E-state index contributed by atoms with van der Waals surface area (Å²) in [4.78, 5) is 11.3. The molecule has 4 nitrogen and oxygen atoms in total. The molecule has 0 radical (unpaired) electrons. The van der Waals surface area contributed by atoms with E-state index in [0.717, 1.165) is 11.1 Å². The van der Waals surface area contributed by atoms with Gasteiger partial charge in [0.2, 0.25) is 0 Å². The van der Waals surface area contributed by atoms with Gasteiger partial charge in [0.15, 0.2) is 0 Å². The fourth-order valence-electron chi connectivity index (χ4n) is 1.18. The van der Waals surface area contributed by atoms with E-state index in [4.69, 9.17) is 9.84 Å². The number of aliphatic hydroxyl groups is 1. The summed E-state index contributed by atoms with van der Waals surface area (Å²) in [5, 5.41) is 11.5. The molecule has 0 saturated carbocycles. The molecule has 0 aliphatic heterocycles. The van der Waals surface area contributed by atoms with Crippen LogP contribution < -0.4 is 10.1 Å². The summed E-state index contributed by atoms with van der Waals surface area (Å²) in [5.41, 5.74) is 1.93. The van der Waals surface area contributed by atoms with E-state index in [1.54, 1.807) is 13.0 Å². The van der Waals surface area contributed by atoms with E-state index in [-0.39, 0.29) is 6.54 Å². The number of nitrogens with one attached hydrogen (secondary N) is 1. The average Bonchev–Trinajstić information content (AvgIpc) is 2.20. The van der Waals surface area contributed by atoms with Crippen LogP contribution in [0.1, 0.15) is 18.1 Å². The molecule has 0 saturated heterocycles. The van der Waals surface area contributed by atoms with Gasteiger partial charge in [-0.15, -0.1) is 0 Å². The minimum Gasteiger partial charge on any atom is -0.410 e. The molecule has 0 aromatic heterocycles. The summed E-state index contributed by atoms with van der Waals surface area (Å²) in [7, 11) is 0. The van der Waals surface area contributed by atoms with Crippen molar-refractivity contribution in [2.45, 2.75) is 26.9 Å². The van der Waals surface area contributed by atoms with Gasteiger partial charge >= 0.3 is 6.09 Å². The molecule has 16 heavy (non-hydrogen) atoms. The Morgan fingerprint density at radius 1 is 1.50 bits per heavy atom. The van der Waals surface area contributed by atoms with Gasteiger partial charge < -0.3 is 15.2 Å². The molecule has 0 heterocycles. The molecular weight excluding hydrogens is 206 g/mol. The second kappa shape index (κ2) is 5.51. The number of hydrogen-bond donors (Lipinski definition) is 2.